The summed E-state index contributed by atoms with van der Waals surface area (Å²) < 4.78 is 19.5. The Balaban J connectivity index is 2.85. The van der Waals surface area contributed by atoms with Crippen molar-refractivity contribution in [1.82, 2.24) is 0 Å². The van der Waals surface area contributed by atoms with E-state index in [-0.39, 0.29) is 11.1 Å². The summed E-state index contributed by atoms with van der Waals surface area (Å²) in [6.07, 6.45) is 4.67. The van der Waals surface area contributed by atoms with Crippen molar-refractivity contribution in [2.24, 2.45) is 11.8 Å². The maximum absolute atomic E-state index is 6.97. The summed E-state index contributed by atoms with van der Waals surface area (Å²) >= 11 is 0. The first-order valence-corrected chi connectivity index (χ1v) is 18.4. The molecule has 0 aromatic heterocycles. The number of benzene rings is 1. The van der Waals surface area contributed by atoms with Gasteiger partial charge in [-0.2, -0.15) is 0 Å². The Morgan fingerprint density at radius 2 is 1.52 bits per heavy atom. The highest BCUT2D eigenvalue weighted by atomic mass is 28.4. The minimum Gasteiger partial charge on any atom is -0.413 e. The van der Waals surface area contributed by atoms with E-state index in [1.165, 1.54) is 23.7 Å². The lowest BCUT2D eigenvalue weighted by molar-refractivity contribution is 0.0194. The Hall–Kier alpha value is -0.726. The Labute approximate surface area is 207 Å². The third-order valence-corrected chi connectivity index (χ3v) is 16.8. The van der Waals surface area contributed by atoms with Crippen LogP contribution in [0.4, 0.5) is 0 Å². The molecule has 190 valence electrons. The first kappa shape index (κ1) is 30.3. The molecule has 0 fully saturated rings. The molecule has 0 aliphatic heterocycles. The zero-order valence-electron chi connectivity index (χ0n) is 23.2. The zero-order chi connectivity index (χ0) is 25.1. The molecule has 5 heteroatoms. The SMILES string of the molecule is CC[Si](CC)(CC)OC/C=C/[C@H](C)[C@@H](O[Si](C)(C)C(C)(C)C)[C@@H](C)COCc1ccccc1. The van der Waals surface area contributed by atoms with Gasteiger partial charge in [-0.05, 0) is 47.7 Å². The lowest BCUT2D eigenvalue weighted by Gasteiger charge is -2.42. The van der Waals surface area contributed by atoms with Gasteiger partial charge in [0, 0.05) is 5.92 Å². The second kappa shape index (κ2) is 14.0. The highest BCUT2D eigenvalue weighted by molar-refractivity contribution is 6.74. The van der Waals surface area contributed by atoms with Crippen LogP contribution in [0, 0.1) is 11.8 Å². The topological polar surface area (TPSA) is 27.7 Å². The molecular weight excluding hydrogens is 440 g/mol. The summed E-state index contributed by atoms with van der Waals surface area (Å²) in [5, 5.41) is 0.178. The van der Waals surface area contributed by atoms with Crippen LogP contribution in [0.15, 0.2) is 42.5 Å². The van der Waals surface area contributed by atoms with E-state index in [2.05, 4.69) is 105 Å². The quantitative estimate of drug-likeness (QED) is 0.181. The van der Waals surface area contributed by atoms with Crippen LogP contribution in [0.2, 0.25) is 36.3 Å². The standard InChI is InChI=1S/C28H52O3Si2/c1-11-33(12-2,13-3)30-21-17-18-24(4)27(31-32(9,10)28(6,7)8)25(5)22-29-23-26-19-15-14-16-20-26/h14-20,24-25,27H,11-13,21-23H2,1-10H3/b18-17+/t24-,25-,27+/m0/s1. The van der Waals surface area contributed by atoms with E-state index in [0.29, 0.717) is 25.0 Å². The molecule has 0 aliphatic carbocycles. The minimum absolute atomic E-state index is 0.128. The molecule has 0 N–H and O–H groups in total. The molecule has 0 radical (unpaired) electrons. The summed E-state index contributed by atoms with van der Waals surface area (Å²) in [6.45, 7) is 25.1. The molecule has 0 unspecified atom stereocenters. The third kappa shape index (κ3) is 9.81. The van der Waals surface area contributed by atoms with E-state index < -0.39 is 16.6 Å². The van der Waals surface area contributed by atoms with Crippen molar-refractivity contribution >= 4 is 16.6 Å². The fourth-order valence-electron chi connectivity index (χ4n) is 3.95. The monoisotopic (exact) mass is 492 g/mol. The van der Waals surface area contributed by atoms with Crippen LogP contribution in [0.5, 0.6) is 0 Å². The lowest BCUT2D eigenvalue weighted by atomic mass is 9.93. The Bertz CT molecular complexity index is 670. The molecule has 0 saturated heterocycles. The van der Waals surface area contributed by atoms with E-state index in [1.54, 1.807) is 0 Å². The maximum atomic E-state index is 6.97. The number of ether oxygens (including phenoxy) is 1. The second-order valence-electron chi connectivity index (χ2n) is 11.2. The summed E-state index contributed by atoms with van der Waals surface area (Å²) in [5.41, 5.74) is 1.21. The molecule has 1 aromatic carbocycles. The van der Waals surface area contributed by atoms with Gasteiger partial charge < -0.3 is 13.6 Å². The van der Waals surface area contributed by atoms with Gasteiger partial charge in [0.2, 0.25) is 0 Å². The van der Waals surface area contributed by atoms with E-state index >= 15 is 0 Å². The Morgan fingerprint density at radius 3 is 2.03 bits per heavy atom. The minimum atomic E-state index is -1.91. The lowest BCUT2D eigenvalue weighted by Crippen LogP contribution is -2.47. The van der Waals surface area contributed by atoms with E-state index in [1.807, 2.05) is 6.07 Å². The van der Waals surface area contributed by atoms with E-state index in [0.717, 1.165) is 6.61 Å². The van der Waals surface area contributed by atoms with Gasteiger partial charge >= 0.3 is 0 Å². The molecule has 3 atom stereocenters. The molecule has 0 saturated carbocycles. The normalized spacial score (nSPS) is 16.2. The van der Waals surface area contributed by atoms with Crippen molar-refractivity contribution in [3.63, 3.8) is 0 Å². The van der Waals surface area contributed by atoms with Crippen molar-refractivity contribution in [2.75, 3.05) is 13.2 Å². The van der Waals surface area contributed by atoms with Gasteiger partial charge in [-0.3, -0.25) is 0 Å². The van der Waals surface area contributed by atoms with Crippen LogP contribution in [0.3, 0.4) is 0 Å². The molecule has 1 rings (SSSR count). The number of hydrogen-bond acceptors (Lipinski definition) is 3. The molecule has 0 spiro atoms. The van der Waals surface area contributed by atoms with Crippen LogP contribution < -0.4 is 0 Å². The smallest absolute Gasteiger partial charge is 0.192 e. The molecule has 0 bridgehead atoms. The Kier molecular flexibility index (Phi) is 12.8. The van der Waals surface area contributed by atoms with Gasteiger partial charge in [0.1, 0.15) is 0 Å². The van der Waals surface area contributed by atoms with Gasteiger partial charge in [-0.15, -0.1) is 0 Å². The fraction of sp³-hybridized carbons (Fsp3) is 0.714. The van der Waals surface area contributed by atoms with Gasteiger partial charge in [0.05, 0.1) is 25.9 Å². The summed E-state index contributed by atoms with van der Waals surface area (Å²) in [7, 11) is -3.45. The van der Waals surface area contributed by atoms with Crippen LogP contribution >= 0.6 is 0 Å². The average Bonchev–Trinajstić information content (AvgIpc) is 2.78. The van der Waals surface area contributed by atoms with Crippen LogP contribution in [0.25, 0.3) is 0 Å². The molecule has 0 amide bonds. The second-order valence-corrected chi connectivity index (χ2v) is 20.7. The van der Waals surface area contributed by atoms with Gasteiger partial charge in [0.25, 0.3) is 0 Å². The largest absolute Gasteiger partial charge is 0.413 e. The predicted molar refractivity (Wildman–Crippen MR) is 149 cm³/mol. The highest BCUT2D eigenvalue weighted by Crippen LogP contribution is 2.39. The summed E-state index contributed by atoms with van der Waals surface area (Å²) in [4.78, 5) is 0. The van der Waals surface area contributed by atoms with Crippen molar-refractivity contribution in [3.05, 3.63) is 48.0 Å². The molecule has 0 aliphatic rings. The number of rotatable bonds is 15. The summed E-state index contributed by atoms with van der Waals surface area (Å²) in [6, 6.07) is 14.0. The Morgan fingerprint density at radius 1 is 0.939 bits per heavy atom. The van der Waals surface area contributed by atoms with Crippen LogP contribution in [-0.4, -0.2) is 36.0 Å². The van der Waals surface area contributed by atoms with Crippen molar-refractivity contribution in [3.8, 4) is 0 Å². The molecule has 33 heavy (non-hydrogen) atoms. The van der Waals surface area contributed by atoms with Crippen molar-refractivity contribution in [1.29, 1.82) is 0 Å². The zero-order valence-corrected chi connectivity index (χ0v) is 25.2. The molecule has 3 nitrogen and oxygen atoms in total. The van der Waals surface area contributed by atoms with Crippen LogP contribution in [-0.2, 0) is 20.2 Å². The van der Waals surface area contributed by atoms with Crippen molar-refractivity contribution < 1.29 is 13.6 Å². The molecule has 1 aromatic rings. The maximum Gasteiger partial charge on any atom is 0.192 e. The highest BCUT2D eigenvalue weighted by Gasteiger charge is 2.41. The first-order chi connectivity index (χ1) is 15.4. The predicted octanol–water partition coefficient (Wildman–Crippen LogP) is 8.44. The fourth-order valence-corrected chi connectivity index (χ4v) is 7.99. The van der Waals surface area contributed by atoms with Gasteiger partial charge in [0.15, 0.2) is 16.6 Å². The van der Waals surface area contributed by atoms with Crippen molar-refractivity contribution in [2.45, 2.75) is 104 Å². The van der Waals surface area contributed by atoms with Crippen LogP contribution in [0.1, 0.15) is 61.0 Å². The average molecular weight is 493 g/mol. The van der Waals surface area contributed by atoms with E-state index in [9.17, 15) is 0 Å². The third-order valence-electron chi connectivity index (χ3n) is 7.67. The summed E-state index contributed by atoms with van der Waals surface area (Å²) in [5.74, 6) is 0.609. The van der Waals surface area contributed by atoms with E-state index in [4.69, 9.17) is 13.6 Å². The van der Waals surface area contributed by atoms with Gasteiger partial charge in [-0.25, -0.2) is 0 Å². The number of hydrogen-bond donors (Lipinski definition) is 0. The first-order valence-electron chi connectivity index (χ1n) is 13.0. The van der Waals surface area contributed by atoms with Gasteiger partial charge in [-0.1, -0.05) is 97.9 Å². The molecular formula is C28H52O3Si2. The molecule has 0 heterocycles.